The van der Waals surface area contributed by atoms with Crippen LogP contribution in [0.1, 0.15) is 30.9 Å². The molecule has 2 amide bonds. The van der Waals surface area contributed by atoms with Crippen molar-refractivity contribution in [3.05, 3.63) is 59.7 Å². The second-order valence-corrected chi connectivity index (χ2v) is 6.12. The van der Waals surface area contributed by atoms with E-state index in [1.54, 1.807) is 12.1 Å². The first-order chi connectivity index (χ1) is 12.0. The van der Waals surface area contributed by atoms with Crippen LogP contribution in [0.25, 0.3) is 0 Å². The number of hydrogen-bond acceptors (Lipinski definition) is 3. The summed E-state index contributed by atoms with van der Waals surface area (Å²) in [7, 11) is 0. The second-order valence-electron chi connectivity index (χ2n) is 6.12. The van der Waals surface area contributed by atoms with E-state index in [1.165, 1.54) is 0 Å². The third kappa shape index (κ3) is 5.64. The highest BCUT2D eigenvalue weighted by molar-refractivity contribution is 5.96. The molecule has 0 spiro atoms. The number of carbonyl (C=O) groups excluding carboxylic acids is 2. The van der Waals surface area contributed by atoms with Gasteiger partial charge in [-0.3, -0.25) is 9.59 Å². The molecule has 5 nitrogen and oxygen atoms in total. The van der Waals surface area contributed by atoms with Gasteiger partial charge in [0.15, 0.2) is 6.61 Å². The summed E-state index contributed by atoms with van der Waals surface area (Å²) in [5.74, 6) is 0.310. The van der Waals surface area contributed by atoms with E-state index < -0.39 is 0 Å². The summed E-state index contributed by atoms with van der Waals surface area (Å²) in [6.45, 7) is 5.88. The number of aryl methyl sites for hydroxylation is 1. The molecule has 0 aromatic heterocycles. The molecule has 2 N–H and O–H groups in total. The van der Waals surface area contributed by atoms with Gasteiger partial charge in [0.25, 0.3) is 5.91 Å². The predicted molar refractivity (Wildman–Crippen MR) is 98.8 cm³/mol. The number of para-hydroxylation sites is 2. The van der Waals surface area contributed by atoms with E-state index in [1.807, 2.05) is 43.3 Å². The zero-order chi connectivity index (χ0) is 18.2. The lowest BCUT2D eigenvalue weighted by atomic mass is 9.98. The minimum atomic E-state index is -0.340. The molecule has 2 aromatic carbocycles. The number of amides is 2. The fraction of sp³-hybridized carbons (Fsp3) is 0.300. The van der Waals surface area contributed by atoms with Crippen molar-refractivity contribution >= 4 is 17.5 Å². The van der Waals surface area contributed by atoms with Crippen LogP contribution in [0.5, 0.6) is 5.75 Å². The number of nitrogens with one attached hydrogen (secondary N) is 2. The number of rotatable bonds is 7. The molecule has 0 saturated carbocycles. The summed E-state index contributed by atoms with van der Waals surface area (Å²) in [5, 5.41) is 5.46. The Morgan fingerprint density at radius 1 is 1.00 bits per heavy atom. The topological polar surface area (TPSA) is 67.4 Å². The van der Waals surface area contributed by atoms with Crippen LogP contribution >= 0.6 is 0 Å². The van der Waals surface area contributed by atoms with Crippen molar-refractivity contribution in [1.29, 1.82) is 0 Å². The van der Waals surface area contributed by atoms with Gasteiger partial charge in [-0.25, -0.2) is 0 Å². The van der Waals surface area contributed by atoms with Gasteiger partial charge >= 0.3 is 0 Å². The maximum Gasteiger partial charge on any atom is 0.258 e. The van der Waals surface area contributed by atoms with Crippen molar-refractivity contribution < 1.29 is 14.3 Å². The van der Waals surface area contributed by atoms with E-state index in [0.29, 0.717) is 11.7 Å². The summed E-state index contributed by atoms with van der Waals surface area (Å²) in [5.41, 5.74) is 2.89. The SMILES string of the molecule is Cc1cccc(C(C)C)c1NC(=O)CNC(=O)COc1ccccc1. The molecule has 2 rings (SSSR count). The van der Waals surface area contributed by atoms with Crippen molar-refractivity contribution in [1.82, 2.24) is 5.32 Å². The predicted octanol–water partition coefficient (Wildman–Crippen LogP) is 3.25. The first-order valence-corrected chi connectivity index (χ1v) is 8.31. The van der Waals surface area contributed by atoms with E-state index in [2.05, 4.69) is 24.5 Å². The van der Waals surface area contributed by atoms with Gasteiger partial charge in [-0.1, -0.05) is 50.2 Å². The molecule has 0 heterocycles. The van der Waals surface area contributed by atoms with Gasteiger partial charge < -0.3 is 15.4 Å². The van der Waals surface area contributed by atoms with Crippen LogP contribution in [-0.2, 0) is 9.59 Å². The minimum absolute atomic E-state index is 0.0944. The van der Waals surface area contributed by atoms with Crippen LogP contribution < -0.4 is 15.4 Å². The summed E-state index contributed by atoms with van der Waals surface area (Å²) in [4.78, 5) is 24.0. The van der Waals surface area contributed by atoms with Crippen molar-refractivity contribution in [3.8, 4) is 5.75 Å². The Bertz CT molecular complexity index is 727. The van der Waals surface area contributed by atoms with Gasteiger partial charge in [-0.15, -0.1) is 0 Å². The van der Waals surface area contributed by atoms with E-state index in [0.717, 1.165) is 16.8 Å². The van der Waals surface area contributed by atoms with Gasteiger partial charge in [-0.05, 0) is 36.1 Å². The van der Waals surface area contributed by atoms with Crippen LogP contribution in [-0.4, -0.2) is 25.0 Å². The molecule has 0 aliphatic carbocycles. The highest BCUT2D eigenvalue weighted by atomic mass is 16.5. The Balaban J connectivity index is 1.84. The van der Waals surface area contributed by atoms with Crippen molar-refractivity contribution in [2.45, 2.75) is 26.7 Å². The maximum atomic E-state index is 12.2. The van der Waals surface area contributed by atoms with Crippen LogP contribution in [0.2, 0.25) is 0 Å². The first-order valence-electron chi connectivity index (χ1n) is 8.31. The van der Waals surface area contributed by atoms with E-state index in [-0.39, 0.29) is 25.0 Å². The van der Waals surface area contributed by atoms with Gasteiger partial charge in [-0.2, -0.15) is 0 Å². The zero-order valence-electron chi connectivity index (χ0n) is 14.8. The molecule has 0 bridgehead atoms. The average Bonchev–Trinajstić information content (AvgIpc) is 2.60. The molecular formula is C20H24N2O3. The lowest BCUT2D eigenvalue weighted by molar-refractivity contribution is -0.125. The Morgan fingerprint density at radius 3 is 2.40 bits per heavy atom. The largest absolute Gasteiger partial charge is 0.484 e. The van der Waals surface area contributed by atoms with E-state index >= 15 is 0 Å². The molecular weight excluding hydrogens is 316 g/mol. The standard InChI is InChI=1S/C20H24N2O3/c1-14(2)17-11-7-8-15(3)20(17)22-18(23)12-21-19(24)13-25-16-9-5-4-6-10-16/h4-11,14H,12-13H2,1-3H3,(H,21,24)(H,22,23). The van der Waals surface area contributed by atoms with Gasteiger partial charge in [0.2, 0.25) is 5.91 Å². The zero-order valence-corrected chi connectivity index (χ0v) is 14.8. The lowest BCUT2D eigenvalue weighted by Crippen LogP contribution is -2.36. The average molecular weight is 340 g/mol. The smallest absolute Gasteiger partial charge is 0.258 e. The van der Waals surface area contributed by atoms with Crippen LogP contribution in [0, 0.1) is 6.92 Å². The molecule has 132 valence electrons. The second kappa shape index (κ2) is 8.87. The monoisotopic (exact) mass is 340 g/mol. The molecule has 25 heavy (non-hydrogen) atoms. The summed E-state index contributed by atoms with van der Waals surface area (Å²) >= 11 is 0. The van der Waals surface area contributed by atoms with Gasteiger partial charge in [0.1, 0.15) is 5.75 Å². The third-order valence-electron chi connectivity index (χ3n) is 3.75. The quantitative estimate of drug-likeness (QED) is 0.813. The third-order valence-corrected chi connectivity index (χ3v) is 3.75. The number of anilines is 1. The highest BCUT2D eigenvalue weighted by Gasteiger charge is 2.13. The number of hydrogen-bond donors (Lipinski definition) is 2. The molecule has 0 unspecified atom stereocenters. The molecule has 0 aliphatic heterocycles. The first kappa shape index (κ1) is 18.5. The lowest BCUT2D eigenvalue weighted by Gasteiger charge is -2.16. The summed E-state index contributed by atoms with van der Waals surface area (Å²) < 4.78 is 5.34. The summed E-state index contributed by atoms with van der Waals surface area (Å²) in [6.07, 6.45) is 0. The van der Waals surface area contributed by atoms with Gasteiger partial charge in [0, 0.05) is 5.69 Å². The Labute approximate surface area is 148 Å². The minimum Gasteiger partial charge on any atom is -0.484 e. The molecule has 2 aromatic rings. The number of ether oxygens (including phenoxy) is 1. The van der Waals surface area contributed by atoms with Crippen LogP contribution in [0.15, 0.2) is 48.5 Å². The number of carbonyl (C=O) groups is 2. The molecule has 5 heteroatoms. The Hall–Kier alpha value is -2.82. The van der Waals surface area contributed by atoms with E-state index in [9.17, 15) is 9.59 Å². The molecule has 0 saturated heterocycles. The molecule has 0 atom stereocenters. The van der Waals surface area contributed by atoms with Gasteiger partial charge in [0.05, 0.1) is 6.54 Å². The summed E-state index contributed by atoms with van der Waals surface area (Å²) in [6, 6.07) is 15.0. The fourth-order valence-corrected chi connectivity index (χ4v) is 2.42. The van der Waals surface area contributed by atoms with Crippen molar-refractivity contribution in [3.63, 3.8) is 0 Å². The Kier molecular flexibility index (Phi) is 6.57. The van der Waals surface area contributed by atoms with Crippen LogP contribution in [0.4, 0.5) is 5.69 Å². The van der Waals surface area contributed by atoms with E-state index in [4.69, 9.17) is 4.74 Å². The highest BCUT2D eigenvalue weighted by Crippen LogP contribution is 2.27. The normalized spacial score (nSPS) is 10.4. The molecule has 0 aliphatic rings. The Morgan fingerprint density at radius 2 is 1.72 bits per heavy atom. The molecule has 0 fully saturated rings. The fourth-order valence-electron chi connectivity index (χ4n) is 2.42. The molecule has 0 radical (unpaired) electrons. The van der Waals surface area contributed by atoms with Crippen LogP contribution in [0.3, 0.4) is 0 Å². The van der Waals surface area contributed by atoms with Crippen molar-refractivity contribution in [2.75, 3.05) is 18.5 Å². The number of benzene rings is 2. The maximum absolute atomic E-state index is 12.2. The van der Waals surface area contributed by atoms with Crippen molar-refractivity contribution in [2.24, 2.45) is 0 Å².